The van der Waals surface area contributed by atoms with Gasteiger partial charge in [0.05, 0.1) is 34.9 Å². The monoisotopic (exact) mass is 510 g/mol. The number of carbonyl (C=O) groups is 1. The number of hydrogen-bond donors (Lipinski definition) is 0. The highest BCUT2D eigenvalue weighted by Gasteiger charge is 2.33. The highest BCUT2D eigenvalue weighted by molar-refractivity contribution is 5.80. The Bertz CT molecular complexity index is 1070. The molecule has 7 heteroatoms. The zero-order valence-corrected chi connectivity index (χ0v) is 23.0. The van der Waals surface area contributed by atoms with Gasteiger partial charge in [-0.3, -0.25) is 9.69 Å². The smallest absolute Gasteiger partial charge is 0.227 e. The van der Waals surface area contributed by atoms with Crippen molar-refractivity contribution < 1.29 is 23.7 Å². The molecule has 2 aliphatic heterocycles. The largest absolute Gasteiger partial charge is 0.493 e. The fourth-order valence-electron chi connectivity index (χ4n) is 5.96. The summed E-state index contributed by atoms with van der Waals surface area (Å²) in [6.45, 7) is 5.00. The molecule has 2 unspecified atom stereocenters. The standard InChI is InChI=1S/C30H42N2O5/c1-21(32-16-13-23-18-28(36-4)29(37-5)19-24(23)20-30(32)33)25-9-7-6-8-14-31(25)15-12-22-10-11-26(34-2)27(17-22)35-3/h10-11,17-19,21,25H,6-9,12-16,20H2,1-5H3. The summed E-state index contributed by atoms with van der Waals surface area (Å²) < 4.78 is 21.9. The molecule has 202 valence electrons. The lowest BCUT2D eigenvalue weighted by atomic mass is 10.00. The van der Waals surface area contributed by atoms with Crippen molar-refractivity contribution in [1.29, 1.82) is 0 Å². The number of fused-ring (bicyclic) bond motifs is 1. The molecular formula is C30H42N2O5. The van der Waals surface area contributed by atoms with Crippen molar-refractivity contribution in [2.45, 2.75) is 64.0 Å². The Morgan fingerprint density at radius 3 is 2.22 bits per heavy atom. The predicted molar refractivity (Wildman–Crippen MR) is 145 cm³/mol. The quantitative estimate of drug-likeness (QED) is 0.494. The van der Waals surface area contributed by atoms with Crippen molar-refractivity contribution in [2.75, 3.05) is 48.1 Å². The third kappa shape index (κ3) is 6.15. The van der Waals surface area contributed by atoms with Crippen LogP contribution < -0.4 is 18.9 Å². The molecule has 37 heavy (non-hydrogen) atoms. The van der Waals surface area contributed by atoms with Crippen molar-refractivity contribution in [3.8, 4) is 23.0 Å². The van der Waals surface area contributed by atoms with Crippen molar-refractivity contribution in [1.82, 2.24) is 9.80 Å². The van der Waals surface area contributed by atoms with E-state index >= 15 is 0 Å². The maximum Gasteiger partial charge on any atom is 0.227 e. The van der Waals surface area contributed by atoms with Crippen LogP contribution in [0.5, 0.6) is 23.0 Å². The van der Waals surface area contributed by atoms with E-state index in [0.717, 1.165) is 61.7 Å². The lowest BCUT2D eigenvalue weighted by Gasteiger charge is -2.40. The molecule has 0 bridgehead atoms. The van der Waals surface area contributed by atoms with Gasteiger partial charge < -0.3 is 23.8 Å². The average Bonchev–Trinajstić information content (AvgIpc) is 3.25. The molecule has 1 fully saturated rings. The molecule has 1 saturated heterocycles. The lowest BCUT2D eigenvalue weighted by molar-refractivity contribution is -0.133. The highest BCUT2D eigenvalue weighted by atomic mass is 16.5. The number of amides is 1. The zero-order valence-electron chi connectivity index (χ0n) is 23.0. The minimum atomic E-state index is 0.147. The molecule has 2 aromatic rings. The Balaban J connectivity index is 1.48. The molecule has 0 spiro atoms. The minimum Gasteiger partial charge on any atom is -0.493 e. The molecule has 0 aliphatic carbocycles. The van der Waals surface area contributed by atoms with Crippen LogP contribution in [0.25, 0.3) is 0 Å². The van der Waals surface area contributed by atoms with Gasteiger partial charge in [0.15, 0.2) is 23.0 Å². The number of nitrogens with zero attached hydrogens (tertiary/aromatic N) is 2. The fourth-order valence-corrected chi connectivity index (χ4v) is 5.96. The Labute approximate surface area is 221 Å². The zero-order chi connectivity index (χ0) is 26.4. The van der Waals surface area contributed by atoms with Crippen molar-refractivity contribution in [2.24, 2.45) is 0 Å². The maximum atomic E-state index is 13.5. The molecule has 7 nitrogen and oxygen atoms in total. The molecule has 0 aromatic heterocycles. The fraction of sp³-hybridized carbons (Fsp3) is 0.567. The van der Waals surface area contributed by atoms with Gasteiger partial charge in [0.1, 0.15) is 0 Å². The van der Waals surface area contributed by atoms with E-state index < -0.39 is 0 Å². The summed E-state index contributed by atoms with van der Waals surface area (Å²) in [7, 11) is 6.64. The third-order valence-corrected chi connectivity index (χ3v) is 8.09. The van der Waals surface area contributed by atoms with E-state index in [4.69, 9.17) is 18.9 Å². The Hall–Kier alpha value is -2.93. The summed E-state index contributed by atoms with van der Waals surface area (Å²) in [5.74, 6) is 3.12. The molecule has 2 aliphatic rings. The number of ether oxygens (including phenoxy) is 4. The van der Waals surface area contributed by atoms with Crippen molar-refractivity contribution in [3.05, 3.63) is 47.0 Å². The number of rotatable bonds is 9. The number of methoxy groups -OCH3 is 4. The van der Waals surface area contributed by atoms with E-state index in [0.29, 0.717) is 18.2 Å². The van der Waals surface area contributed by atoms with Crippen LogP contribution in [-0.2, 0) is 24.1 Å². The molecule has 4 rings (SSSR count). The van der Waals surface area contributed by atoms with Gasteiger partial charge in [-0.1, -0.05) is 18.9 Å². The van der Waals surface area contributed by atoms with E-state index in [1.807, 2.05) is 18.2 Å². The van der Waals surface area contributed by atoms with E-state index in [9.17, 15) is 4.79 Å². The summed E-state index contributed by atoms with van der Waals surface area (Å²) >= 11 is 0. The molecule has 0 N–H and O–H groups in total. The summed E-state index contributed by atoms with van der Waals surface area (Å²) in [6, 6.07) is 10.7. The van der Waals surface area contributed by atoms with Crippen LogP contribution >= 0.6 is 0 Å². The van der Waals surface area contributed by atoms with Gasteiger partial charge in [0.2, 0.25) is 5.91 Å². The van der Waals surface area contributed by atoms with E-state index in [1.165, 1.54) is 30.4 Å². The first-order valence-electron chi connectivity index (χ1n) is 13.5. The first-order valence-corrected chi connectivity index (χ1v) is 13.5. The molecular weight excluding hydrogens is 468 g/mol. The van der Waals surface area contributed by atoms with E-state index in [1.54, 1.807) is 28.4 Å². The second kappa shape index (κ2) is 12.5. The maximum absolute atomic E-state index is 13.5. The van der Waals surface area contributed by atoms with Gasteiger partial charge in [0, 0.05) is 25.2 Å². The van der Waals surface area contributed by atoms with Gasteiger partial charge in [0.25, 0.3) is 0 Å². The SMILES string of the molecule is COc1ccc(CCN2CCCCCC2C(C)N2CCc3cc(OC)c(OC)cc3CC2=O)cc1OC. The third-order valence-electron chi connectivity index (χ3n) is 8.09. The van der Waals surface area contributed by atoms with Gasteiger partial charge in [-0.2, -0.15) is 0 Å². The Morgan fingerprint density at radius 1 is 0.838 bits per heavy atom. The number of likely N-dealkylation sites (tertiary alicyclic amines) is 1. The van der Waals surface area contributed by atoms with Crippen LogP contribution in [0.15, 0.2) is 30.3 Å². The number of hydrogen-bond acceptors (Lipinski definition) is 6. The van der Waals surface area contributed by atoms with E-state index in [-0.39, 0.29) is 11.9 Å². The van der Waals surface area contributed by atoms with Crippen molar-refractivity contribution in [3.63, 3.8) is 0 Å². The number of carbonyl (C=O) groups excluding carboxylic acids is 1. The Morgan fingerprint density at radius 2 is 1.51 bits per heavy atom. The van der Waals surface area contributed by atoms with Gasteiger partial charge in [-0.15, -0.1) is 0 Å². The lowest BCUT2D eigenvalue weighted by Crippen LogP contribution is -2.53. The van der Waals surface area contributed by atoms with E-state index in [2.05, 4.69) is 28.9 Å². The van der Waals surface area contributed by atoms with Crippen molar-refractivity contribution >= 4 is 5.91 Å². The number of benzene rings is 2. The van der Waals surface area contributed by atoms with Crippen LogP contribution in [0, 0.1) is 0 Å². The van der Waals surface area contributed by atoms with Crippen LogP contribution in [0.4, 0.5) is 0 Å². The first kappa shape index (κ1) is 27.1. The van der Waals surface area contributed by atoms with Gasteiger partial charge >= 0.3 is 0 Å². The molecule has 2 heterocycles. The van der Waals surface area contributed by atoms with Gasteiger partial charge in [-0.05, 0) is 80.1 Å². The molecule has 0 radical (unpaired) electrons. The summed E-state index contributed by atoms with van der Waals surface area (Å²) in [5.41, 5.74) is 3.45. The van der Waals surface area contributed by atoms with Crippen LogP contribution in [0.3, 0.4) is 0 Å². The second-order valence-electron chi connectivity index (χ2n) is 10.1. The normalized spacial score (nSPS) is 19.4. The van der Waals surface area contributed by atoms with Crippen LogP contribution in [-0.4, -0.2) is 75.9 Å². The molecule has 2 aromatic carbocycles. The first-order chi connectivity index (χ1) is 18.0. The Kier molecular flexibility index (Phi) is 9.19. The highest BCUT2D eigenvalue weighted by Crippen LogP contribution is 2.34. The predicted octanol–water partition coefficient (Wildman–Crippen LogP) is 4.52. The average molecular weight is 511 g/mol. The van der Waals surface area contributed by atoms with Gasteiger partial charge in [-0.25, -0.2) is 0 Å². The van der Waals surface area contributed by atoms with Crippen LogP contribution in [0.2, 0.25) is 0 Å². The molecule has 2 atom stereocenters. The topological polar surface area (TPSA) is 60.5 Å². The molecule has 0 saturated carbocycles. The summed E-state index contributed by atoms with van der Waals surface area (Å²) in [5, 5.41) is 0. The minimum absolute atomic E-state index is 0.147. The second-order valence-corrected chi connectivity index (χ2v) is 10.1. The summed E-state index contributed by atoms with van der Waals surface area (Å²) in [6.07, 6.45) is 6.93. The summed E-state index contributed by atoms with van der Waals surface area (Å²) in [4.78, 5) is 18.3. The molecule has 1 amide bonds. The van der Waals surface area contributed by atoms with Crippen LogP contribution in [0.1, 0.15) is 49.3 Å².